The van der Waals surface area contributed by atoms with E-state index in [9.17, 15) is 4.79 Å². The van der Waals surface area contributed by atoms with Gasteiger partial charge in [0.1, 0.15) is 0 Å². The summed E-state index contributed by atoms with van der Waals surface area (Å²) in [6.07, 6.45) is 1.77. The van der Waals surface area contributed by atoms with E-state index < -0.39 is 0 Å². The van der Waals surface area contributed by atoms with Crippen LogP contribution in [0, 0.1) is 6.92 Å². The van der Waals surface area contributed by atoms with Crippen molar-refractivity contribution < 1.29 is 4.52 Å². The Morgan fingerprint density at radius 3 is 2.61 bits per heavy atom. The van der Waals surface area contributed by atoms with Gasteiger partial charge < -0.3 is 4.52 Å². The van der Waals surface area contributed by atoms with Crippen LogP contribution in [-0.2, 0) is 18.7 Å². The average Bonchev–Trinajstić information content (AvgIpc) is 3.14. The lowest BCUT2D eigenvalue weighted by Gasteiger charge is -2.12. The quantitative estimate of drug-likeness (QED) is 0.349. The zero-order valence-electron chi connectivity index (χ0n) is 15.5. The van der Waals surface area contributed by atoms with Crippen LogP contribution in [0.4, 0.5) is 0 Å². The van der Waals surface area contributed by atoms with Gasteiger partial charge in [-0.2, -0.15) is 4.98 Å². The first-order valence-electron chi connectivity index (χ1n) is 9.16. The molecule has 2 heterocycles. The molecule has 0 N–H and O–H groups in total. The molecule has 0 radical (unpaired) electrons. The molecule has 0 bridgehead atoms. The van der Waals surface area contributed by atoms with E-state index in [1.165, 1.54) is 17.3 Å². The van der Waals surface area contributed by atoms with E-state index in [-0.39, 0.29) is 5.56 Å². The van der Waals surface area contributed by atoms with E-state index in [1.54, 1.807) is 11.5 Å². The van der Waals surface area contributed by atoms with Crippen LogP contribution in [0.2, 0.25) is 0 Å². The Kier molecular flexibility index (Phi) is 5.53. The summed E-state index contributed by atoms with van der Waals surface area (Å²) in [6.45, 7) is 2.39. The van der Waals surface area contributed by atoms with E-state index in [0.717, 1.165) is 12.8 Å². The van der Waals surface area contributed by atoms with Gasteiger partial charge in [-0.3, -0.25) is 9.36 Å². The fourth-order valence-corrected chi connectivity index (χ4v) is 3.93. The van der Waals surface area contributed by atoms with Crippen LogP contribution < -0.4 is 5.56 Å². The summed E-state index contributed by atoms with van der Waals surface area (Å²) in [4.78, 5) is 22.0. The Labute approximate surface area is 166 Å². The molecule has 0 saturated heterocycles. The summed E-state index contributed by atoms with van der Waals surface area (Å²) in [5.74, 6) is 1.60. The van der Waals surface area contributed by atoms with Crippen LogP contribution in [0.25, 0.3) is 10.9 Å². The maximum absolute atomic E-state index is 13.1. The smallest absolute Gasteiger partial charge is 0.262 e. The molecule has 6 nitrogen and oxygen atoms in total. The second-order valence-corrected chi connectivity index (χ2v) is 7.42. The van der Waals surface area contributed by atoms with E-state index >= 15 is 0 Å². The van der Waals surface area contributed by atoms with Crippen LogP contribution in [0.5, 0.6) is 0 Å². The molecular formula is C21H20N4O2S. The lowest BCUT2D eigenvalue weighted by molar-refractivity contribution is 0.387. The van der Waals surface area contributed by atoms with Gasteiger partial charge in [-0.15, -0.1) is 0 Å². The highest BCUT2D eigenvalue weighted by Crippen LogP contribution is 2.22. The molecule has 0 unspecified atom stereocenters. The number of fused-ring (bicyclic) bond motifs is 1. The van der Waals surface area contributed by atoms with Crippen LogP contribution in [0.3, 0.4) is 0 Å². The van der Waals surface area contributed by atoms with Gasteiger partial charge in [0.25, 0.3) is 5.56 Å². The van der Waals surface area contributed by atoms with E-state index in [4.69, 9.17) is 9.51 Å². The van der Waals surface area contributed by atoms with Gasteiger partial charge in [0, 0.05) is 6.54 Å². The van der Waals surface area contributed by atoms with Crippen molar-refractivity contribution in [2.24, 2.45) is 0 Å². The average molecular weight is 392 g/mol. The van der Waals surface area contributed by atoms with Gasteiger partial charge in [-0.25, -0.2) is 4.98 Å². The molecule has 2 aromatic heterocycles. The maximum Gasteiger partial charge on any atom is 0.262 e. The molecule has 0 aliphatic carbocycles. The van der Waals surface area contributed by atoms with Crippen LogP contribution >= 0.6 is 11.8 Å². The summed E-state index contributed by atoms with van der Waals surface area (Å²) in [5, 5.41) is 5.13. The highest BCUT2D eigenvalue weighted by Gasteiger charge is 2.13. The van der Waals surface area contributed by atoms with Gasteiger partial charge in [0.15, 0.2) is 11.0 Å². The third-order valence-corrected chi connectivity index (χ3v) is 5.37. The van der Waals surface area contributed by atoms with Crippen molar-refractivity contribution in [2.45, 2.75) is 37.2 Å². The first kappa shape index (κ1) is 18.4. The monoisotopic (exact) mass is 392 g/mol. The minimum atomic E-state index is -0.0112. The topological polar surface area (TPSA) is 73.8 Å². The van der Waals surface area contributed by atoms with Crippen molar-refractivity contribution in [1.29, 1.82) is 0 Å². The van der Waals surface area contributed by atoms with Gasteiger partial charge >= 0.3 is 0 Å². The molecule has 0 saturated carbocycles. The number of para-hydroxylation sites is 1. The van der Waals surface area contributed by atoms with Gasteiger partial charge in [-0.05, 0) is 37.5 Å². The number of rotatable bonds is 7. The third kappa shape index (κ3) is 4.14. The highest BCUT2D eigenvalue weighted by molar-refractivity contribution is 7.98. The number of hydrogen-bond acceptors (Lipinski definition) is 6. The molecular weight excluding hydrogens is 372 g/mol. The Morgan fingerprint density at radius 2 is 1.82 bits per heavy atom. The Bertz CT molecular complexity index is 1140. The first-order valence-corrected chi connectivity index (χ1v) is 10.1. The molecule has 142 valence electrons. The van der Waals surface area contributed by atoms with E-state index in [0.29, 0.717) is 40.1 Å². The zero-order valence-corrected chi connectivity index (χ0v) is 16.4. The Hall–Kier alpha value is -2.93. The molecule has 2 aromatic carbocycles. The molecule has 7 heteroatoms. The predicted octanol–water partition coefficient (Wildman–Crippen LogP) is 4.01. The van der Waals surface area contributed by atoms with Crippen LogP contribution in [0.15, 0.2) is 69.1 Å². The largest absolute Gasteiger partial charge is 0.338 e. The molecule has 0 spiro atoms. The number of aryl methyl sites for hydroxylation is 2. The normalized spacial score (nSPS) is 11.2. The molecule has 0 aliphatic heterocycles. The van der Waals surface area contributed by atoms with Crippen molar-refractivity contribution in [3.8, 4) is 0 Å². The number of thioether (sulfide) groups is 1. The summed E-state index contributed by atoms with van der Waals surface area (Å²) in [7, 11) is 0. The van der Waals surface area contributed by atoms with E-state index in [2.05, 4.69) is 22.3 Å². The van der Waals surface area contributed by atoms with Crippen molar-refractivity contribution in [3.63, 3.8) is 0 Å². The summed E-state index contributed by atoms with van der Waals surface area (Å²) < 4.78 is 6.95. The van der Waals surface area contributed by atoms with Crippen molar-refractivity contribution in [3.05, 3.63) is 82.2 Å². The third-order valence-electron chi connectivity index (χ3n) is 4.41. The molecule has 28 heavy (non-hydrogen) atoms. The number of nitrogens with zero attached hydrogens (tertiary/aromatic N) is 4. The summed E-state index contributed by atoms with van der Waals surface area (Å²) >= 11 is 1.44. The lowest BCUT2D eigenvalue weighted by atomic mass is 10.1. The standard InChI is InChI=1S/C21H20N4O2S/c1-15-22-19(27-24-15)14-28-21-23-18-12-6-5-11-17(18)20(26)25(21)13-7-10-16-8-3-2-4-9-16/h2-6,8-9,11-12H,7,10,13-14H2,1H3. The second-order valence-electron chi connectivity index (χ2n) is 6.48. The molecule has 0 atom stereocenters. The van der Waals surface area contributed by atoms with Crippen molar-refractivity contribution in [1.82, 2.24) is 19.7 Å². The molecule has 0 amide bonds. The van der Waals surface area contributed by atoms with Crippen molar-refractivity contribution >= 4 is 22.7 Å². The zero-order chi connectivity index (χ0) is 19.3. The maximum atomic E-state index is 13.1. The Balaban J connectivity index is 1.59. The minimum absolute atomic E-state index is 0.0112. The number of benzene rings is 2. The van der Waals surface area contributed by atoms with Gasteiger partial charge in [0.05, 0.1) is 16.7 Å². The fraction of sp³-hybridized carbons (Fsp3) is 0.238. The first-order chi connectivity index (χ1) is 13.7. The molecule has 0 aliphatic rings. The summed E-state index contributed by atoms with van der Waals surface area (Å²) in [6, 6.07) is 17.7. The highest BCUT2D eigenvalue weighted by atomic mass is 32.2. The SMILES string of the molecule is Cc1noc(CSc2nc3ccccc3c(=O)n2CCCc2ccccc2)n1. The lowest BCUT2D eigenvalue weighted by Crippen LogP contribution is -2.23. The van der Waals surface area contributed by atoms with E-state index in [1.807, 2.05) is 42.5 Å². The van der Waals surface area contributed by atoms with Gasteiger partial charge in [0.2, 0.25) is 5.89 Å². The molecule has 4 rings (SSSR count). The van der Waals surface area contributed by atoms with Crippen LogP contribution in [-0.4, -0.2) is 19.7 Å². The minimum Gasteiger partial charge on any atom is -0.338 e. The Morgan fingerprint density at radius 1 is 1.04 bits per heavy atom. The number of aromatic nitrogens is 4. The van der Waals surface area contributed by atoms with Crippen molar-refractivity contribution in [2.75, 3.05) is 0 Å². The molecule has 4 aromatic rings. The van der Waals surface area contributed by atoms with Crippen LogP contribution in [0.1, 0.15) is 23.7 Å². The number of hydrogen-bond donors (Lipinski definition) is 0. The second kappa shape index (κ2) is 8.39. The van der Waals surface area contributed by atoms with Gasteiger partial charge in [-0.1, -0.05) is 59.4 Å². The molecule has 0 fully saturated rings. The summed E-state index contributed by atoms with van der Waals surface area (Å²) in [5.41, 5.74) is 1.96. The fourth-order valence-electron chi connectivity index (χ4n) is 3.07. The predicted molar refractivity (Wildman–Crippen MR) is 109 cm³/mol.